The molecule has 0 atom stereocenters. The second-order valence-corrected chi connectivity index (χ2v) is 7.36. The van der Waals surface area contributed by atoms with Gasteiger partial charge in [-0.05, 0) is 23.8 Å². The van der Waals surface area contributed by atoms with Crippen molar-refractivity contribution in [3.05, 3.63) is 77.7 Å². The quantitative estimate of drug-likeness (QED) is 0.686. The molecule has 0 saturated heterocycles. The summed E-state index contributed by atoms with van der Waals surface area (Å²) in [6.07, 6.45) is 0.309. The Morgan fingerprint density at radius 1 is 1.00 bits per heavy atom. The molecule has 1 aromatic heterocycles. The van der Waals surface area contributed by atoms with E-state index in [9.17, 15) is 12.8 Å². The standard InChI is InChI=1S/C17H15FN2O3S/c18-15-9-5-4-6-13(15)12-17-19-16(20-23-17)10-11-24(21,22)14-7-2-1-3-8-14/h1-9H,10-12H2. The van der Waals surface area contributed by atoms with Gasteiger partial charge in [0.1, 0.15) is 5.82 Å². The van der Waals surface area contributed by atoms with Crippen molar-refractivity contribution < 1.29 is 17.3 Å². The second kappa shape index (κ2) is 6.92. The van der Waals surface area contributed by atoms with E-state index in [2.05, 4.69) is 10.1 Å². The third kappa shape index (κ3) is 3.86. The van der Waals surface area contributed by atoms with E-state index in [1.54, 1.807) is 48.5 Å². The van der Waals surface area contributed by atoms with Gasteiger partial charge in [0.05, 0.1) is 17.1 Å². The molecule has 5 nitrogen and oxygen atoms in total. The highest BCUT2D eigenvalue weighted by molar-refractivity contribution is 7.91. The summed E-state index contributed by atoms with van der Waals surface area (Å²) >= 11 is 0. The van der Waals surface area contributed by atoms with E-state index in [0.29, 0.717) is 11.4 Å². The first-order chi connectivity index (χ1) is 11.5. The van der Waals surface area contributed by atoms with Gasteiger partial charge < -0.3 is 4.52 Å². The molecule has 2 aromatic carbocycles. The maximum Gasteiger partial charge on any atom is 0.231 e. The van der Waals surface area contributed by atoms with Gasteiger partial charge in [0.25, 0.3) is 0 Å². The van der Waals surface area contributed by atoms with E-state index in [-0.39, 0.29) is 35.2 Å². The molecule has 0 spiro atoms. The molecule has 7 heteroatoms. The topological polar surface area (TPSA) is 73.1 Å². The van der Waals surface area contributed by atoms with Crippen LogP contribution in [-0.2, 0) is 22.7 Å². The summed E-state index contributed by atoms with van der Waals surface area (Å²) in [6.45, 7) is 0. The van der Waals surface area contributed by atoms with E-state index < -0.39 is 9.84 Å². The molecule has 0 N–H and O–H groups in total. The molecular weight excluding hydrogens is 331 g/mol. The lowest BCUT2D eigenvalue weighted by Gasteiger charge is -2.01. The number of hydrogen-bond acceptors (Lipinski definition) is 5. The fourth-order valence-corrected chi connectivity index (χ4v) is 3.50. The SMILES string of the molecule is O=S(=O)(CCc1noc(Cc2ccccc2F)n1)c1ccccc1. The average molecular weight is 346 g/mol. The van der Waals surface area contributed by atoms with Crippen LogP contribution in [0.1, 0.15) is 17.3 Å². The van der Waals surface area contributed by atoms with Crippen LogP contribution in [0.25, 0.3) is 0 Å². The van der Waals surface area contributed by atoms with Crippen LogP contribution in [0, 0.1) is 5.82 Å². The van der Waals surface area contributed by atoms with Crippen molar-refractivity contribution in [3.8, 4) is 0 Å². The Hall–Kier alpha value is -2.54. The van der Waals surface area contributed by atoms with Gasteiger partial charge in [0.2, 0.25) is 5.89 Å². The van der Waals surface area contributed by atoms with Crippen molar-refractivity contribution in [1.29, 1.82) is 0 Å². The molecule has 1 heterocycles. The maximum atomic E-state index is 13.6. The molecule has 0 aliphatic heterocycles. The monoisotopic (exact) mass is 346 g/mol. The molecule has 0 aliphatic rings. The van der Waals surface area contributed by atoms with E-state index in [1.165, 1.54) is 6.07 Å². The molecular formula is C17H15FN2O3S. The zero-order valence-corrected chi connectivity index (χ0v) is 13.5. The lowest BCUT2D eigenvalue weighted by molar-refractivity contribution is 0.378. The zero-order chi connectivity index (χ0) is 17.0. The largest absolute Gasteiger partial charge is 0.339 e. The number of sulfone groups is 1. The summed E-state index contributed by atoms with van der Waals surface area (Å²) < 4.78 is 43.1. The minimum atomic E-state index is -3.40. The molecule has 0 radical (unpaired) electrons. The Labute approximate surface area is 139 Å². The summed E-state index contributed by atoms with van der Waals surface area (Å²) in [6, 6.07) is 14.5. The van der Waals surface area contributed by atoms with Gasteiger partial charge in [-0.3, -0.25) is 0 Å². The minimum Gasteiger partial charge on any atom is -0.339 e. The lowest BCUT2D eigenvalue weighted by atomic mass is 10.1. The first kappa shape index (κ1) is 16.3. The van der Waals surface area contributed by atoms with Crippen LogP contribution in [0.15, 0.2) is 64.0 Å². The molecule has 0 saturated carbocycles. The third-order valence-corrected chi connectivity index (χ3v) is 5.24. The highest BCUT2D eigenvalue weighted by Crippen LogP contribution is 2.14. The number of hydrogen-bond donors (Lipinski definition) is 0. The number of halogens is 1. The predicted molar refractivity (Wildman–Crippen MR) is 85.7 cm³/mol. The van der Waals surface area contributed by atoms with Crippen molar-refractivity contribution in [2.75, 3.05) is 5.75 Å². The van der Waals surface area contributed by atoms with Crippen molar-refractivity contribution >= 4 is 9.84 Å². The molecule has 0 bridgehead atoms. The summed E-state index contributed by atoms with van der Waals surface area (Å²) in [5.41, 5.74) is 0.449. The first-order valence-corrected chi connectivity index (χ1v) is 9.02. The fourth-order valence-electron chi connectivity index (χ4n) is 2.24. The smallest absolute Gasteiger partial charge is 0.231 e. The number of aromatic nitrogens is 2. The van der Waals surface area contributed by atoms with Gasteiger partial charge in [0, 0.05) is 6.42 Å². The van der Waals surface area contributed by atoms with Crippen LogP contribution >= 0.6 is 0 Å². The molecule has 0 aliphatic carbocycles. The Morgan fingerprint density at radius 3 is 2.46 bits per heavy atom. The van der Waals surface area contributed by atoms with Crippen molar-refractivity contribution in [3.63, 3.8) is 0 Å². The summed E-state index contributed by atoms with van der Waals surface area (Å²) in [7, 11) is -3.40. The van der Waals surface area contributed by atoms with E-state index in [0.717, 1.165) is 0 Å². The van der Waals surface area contributed by atoms with E-state index >= 15 is 0 Å². The Bertz CT molecular complexity index is 924. The van der Waals surface area contributed by atoms with E-state index in [4.69, 9.17) is 4.52 Å². The van der Waals surface area contributed by atoms with Crippen molar-refractivity contribution in [2.24, 2.45) is 0 Å². The van der Waals surface area contributed by atoms with Gasteiger partial charge in [-0.25, -0.2) is 12.8 Å². The number of rotatable bonds is 6. The first-order valence-electron chi connectivity index (χ1n) is 7.37. The third-order valence-electron chi connectivity index (χ3n) is 3.51. The van der Waals surface area contributed by atoms with Gasteiger partial charge in [-0.2, -0.15) is 4.98 Å². The summed E-state index contributed by atoms with van der Waals surface area (Å²) in [5.74, 6) is 0.0901. The Balaban J connectivity index is 1.66. The molecule has 3 rings (SSSR count). The van der Waals surface area contributed by atoms with Crippen LogP contribution < -0.4 is 0 Å². The summed E-state index contributed by atoms with van der Waals surface area (Å²) in [4.78, 5) is 4.40. The maximum absolute atomic E-state index is 13.6. The van der Waals surface area contributed by atoms with Crippen LogP contribution in [0.2, 0.25) is 0 Å². The summed E-state index contributed by atoms with van der Waals surface area (Å²) in [5, 5.41) is 3.77. The average Bonchev–Trinajstić information content (AvgIpc) is 3.04. The van der Waals surface area contributed by atoms with E-state index in [1.807, 2.05) is 0 Å². The minimum absolute atomic E-state index is 0.115. The zero-order valence-electron chi connectivity index (χ0n) is 12.7. The van der Waals surface area contributed by atoms with Gasteiger partial charge in [-0.15, -0.1) is 0 Å². The van der Waals surface area contributed by atoms with Gasteiger partial charge >= 0.3 is 0 Å². The van der Waals surface area contributed by atoms with Crippen LogP contribution in [0.3, 0.4) is 0 Å². The second-order valence-electron chi connectivity index (χ2n) is 5.25. The van der Waals surface area contributed by atoms with Crippen LogP contribution in [0.4, 0.5) is 4.39 Å². The number of benzene rings is 2. The fraction of sp³-hybridized carbons (Fsp3) is 0.176. The number of nitrogens with zero attached hydrogens (tertiary/aromatic N) is 2. The van der Waals surface area contributed by atoms with Crippen molar-refractivity contribution in [2.45, 2.75) is 17.7 Å². The van der Waals surface area contributed by atoms with Crippen molar-refractivity contribution in [1.82, 2.24) is 10.1 Å². The Kier molecular flexibility index (Phi) is 4.71. The molecule has 0 unspecified atom stereocenters. The van der Waals surface area contributed by atoms with Gasteiger partial charge in [-0.1, -0.05) is 41.6 Å². The molecule has 24 heavy (non-hydrogen) atoms. The Morgan fingerprint density at radius 2 is 1.71 bits per heavy atom. The normalized spacial score (nSPS) is 11.5. The lowest BCUT2D eigenvalue weighted by Crippen LogP contribution is -2.10. The number of aryl methyl sites for hydroxylation is 1. The molecule has 3 aromatic rings. The highest BCUT2D eigenvalue weighted by Gasteiger charge is 2.16. The predicted octanol–water partition coefficient (Wildman–Crippen LogP) is 2.82. The molecule has 124 valence electrons. The molecule has 0 fully saturated rings. The van der Waals surface area contributed by atoms with Crippen LogP contribution in [-0.4, -0.2) is 24.3 Å². The van der Waals surface area contributed by atoms with Crippen LogP contribution in [0.5, 0.6) is 0 Å². The van der Waals surface area contributed by atoms with Gasteiger partial charge in [0.15, 0.2) is 15.7 Å². The molecule has 0 amide bonds. The highest BCUT2D eigenvalue weighted by atomic mass is 32.2.